The second-order valence-electron chi connectivity index (χ2n) is 5.31. The number of halogens is 3. The number of carbonyl (C=O) groups excluding carboxylic acids is 2. The maximum atomic E-state index is 12.4. The molecule has 22 heavy (non-hydrogen) atoms. The van der Waals surface area contributed by atoms with E-state index in [1.807, 2.05) is 0 Å². The number of ketones is 1. The molecule has 1 aromatic carbocycles. The van der Waals surface area contributed by atoms with Crippen molar-refractivity contribution in [1.29, 1.82) is 0 Å². The summed E-state index contributed by atoms with van der Waals surface area (Å²) in [6.07, 6.45) is -5.11. The number of benzene rings is 1. The van der Waals surface area contributed by atoms with Gasteiger partial charge in [-0.1, -0.05) is 0 Å². The summed E-state index contributed by atoms with van der Waals surface area (Å²) < 4.78 is 42.6. The number of rotatable bonds is 4. The molecule has 7 heteroatoms. The van der Waals surface area contributed by atoms with Gasteiger partial charge >= 0.3 is 6.18 Å². The fraction of sp³-hybridized carbons (Fsp3) is 0.467. The molecule has 0 radical (unpaired) electrons. The molecule has 0 aromatic heterocycles. The van der Waals surface area contributed by atoms with Crippen LogP contribution in [0.3, 0.4) is 0 Å². The second kappa shape index (κ2) is 5.98. The highest BCUT2D eigenvalue weighted by molar-refractivity contribution is 5.94. The van der Waals surface area contributed by atoms with E-state index in [9.17, 15) is 22.8 Å². The number of alkyl halides is 3. The van der Waals surface area contributed by atoms with Gasteiger partial charge in [0.2, 0.25) is 0 Å². The molecular formula is C15H16F3NO3. The van der Waals surface area contributed by atoms with E-state index < -0.39 is 24.7 Å². The number of hydrogen-bond acceptors (Lipinski definition) is 3. The van der Waals surface area contributed by atoms with E-state index >= 15 is 0 Å². The third-order valence-electron chi connectivity index (χ3n) is 3.47. The molecule has 4 nitrogen and oxygen atoms in total. The second-order valence-corrected chi connectivity index (χ2v) is 5.31. The first-order valence-corrected chi connectivity index (χ1v) is 6.81. The van der Waals surface area contributed by atoms with Crippen molar-refractivity contribution >= 4 is 11.7 Å². The van der Waals surface area contributed by atoms with Crippen LogP contribution >= 0.6 is 0 Å². The molecule has 120 valence electrons. The van der Waals surface area contributed by atoms with Crippen molar-refractivity contribution in [2.75, 3.05) is 13.1 Å². The zero-order chi connectivity index (χ0) is 16.5. The van der Waals surface area contributed by atoms with Crippen molar-refractivity contribution in [2.24, 2.45) is 0 Å². The van der Waals surface area contributed by atoms with E-state index in [2.05, 4.69) is 0 Å². The van der Waals surface area contributed by atoms with E-state index in [1.54, 1.807) is 25.1 Å². The number of amides is 1. The van der Waals surface area contributed by atoms with Gasteiger partial charge in [0.25, 0.3) is 5.91 Å². The molecule has 0 unspecified atom stereocenters. The molecule has 0 N–H and O–H groups in total. The van der Waals surface area contributed by atoms with Gasteiger partial charge in [-0.2, -0.15) is 13.2 Å². The molecule has 1 aliphatic heterocycles. The zero-order valence-electron chi connectivity index (χ0n) is 12.2. The highest BCUT2D eigenvalue weighted by atomic mass is 19.4. The zero-order valence-corrected chi connectivity index (χ0v) is 12.2. The molecular weight excluding hydrogens is 299 g/mol. The van der Waals surface area contributed by atoms with Gasteiger partial charge in [-0.25, -0.2) is 0 Å². The number of carbonyl (C=O) groups is 2. The minimum atomic E-state index is -4.41. The fourth-order valence-corrected chi connectivity index (χ4v) is 2.35. The summed E-state index contributed by atoms with van der Waals surface area (Å²) >= 11 is 0. The van der Waals surface area contributed by atoms with Crippen LogP contribution in [0.4, 0.5) is 13.2 Å². The maximum absolute atomic E-state index is 12.4. The average molecular weight is 315 g/mol. The number of likely N-dealkylation sites (tertiary alicyclic amines) is 1. The summed E-state index contributed by atoms with van der Waals surface area (Å²) in [5, 5.41) is 0. The third kappa shape index (κ3) is 3.78. The molecule has 1 amide bonds. The van der Waals surface area contributed by atoms with Gasteiger partial charge < -0.3 is 9.64 Å². The number of ether oxygens (including phenoxy) is 1. The smallest absolute Gasteiger partial charge is 0.406 e. The van der Waals surface area contributed by atoms with Crippen molar-refractivity contribution in [3.05, 3.63) is 29.3 Å². The molecule has 2 rings (SSSR count). The van der Waals surface area contributed by atoms with Crippen molar-refractivity contribution in [1.82, 2.24) is 4.90 Å². The molecule has 0 saturated carbocycles. The van der Waals surface area contributed by atoms with E-state index in [0.29, 0.717) is 16.9 Å². The Kier molecular flexibility index (Phi) is 4.44. The van der Waals surface area contributed by atoms with Gasteiger partial charge in [0.05, 0.1) is 0 Å². The minimum absolute atomic E-state index is 0.0214. The summed E-state index contributed by atoms with van der Waals surface area (Å²) in [5.41, 5.74) is 1.18. The quantitative estimate of drug-likeness (QED) is 0.803. The first kappa shape index (κ1) is 16.3. The predicted octanol–water partition coefficient (Wildman–Crippen LogP) is 2.74. The van der Waals surface area contributed by atoms with E-state index in [0.717, 1.165) is 4.90 Å². The van der Waals surface area contributed by atoms with Gasteiger partial charge in [-0.3, -0.25) is 9.59 Å². The lowest BCUT2D eigenvalue weighted by atomic mass is 10.1. The number of Topliss-reactive ketones (excluding diaryl/α,β-unsaturated/α-hetero) is 1. The molecule has 1 atom stereocenters. The van der Waals surface area contributed by atoms with Gasteiger partial charge in [0.1, 0.15) is 12.3 Å². The third-order valence-corrected chi connectivity index (χ3v) is 3.47. The lowest BCUT2D eigenvalue weighted by Crippen LogP contribution is -2.38. The molecule has 1 aromatic rings. The first-order chi connectivity index (χ1) is 10.2. The van der Waals surface area contributed by atoms with Crippen LogP contribution in [0.2, 0.25) is 0 Å². The summed E-state index contributed by atoms with van der Waals surface area (Å²) in [6.45, 7) is 1.92. The van der Waals surface area contributed by atoms with Crippen LogP contribution < -0.4 is 4.74 Å². The summed E-state index contributed by atoms with van der Waals surface area (Å²) in [7, 11) is 0. The fourth-order valence-electron chi connectivity index (χ4n) is 2.35. The monoisotopic (exact) mass is 315 g/mol. The van der Waals surface area contributed by atoms with Crippen LogP contribution in [0.5, 0.6) is 5.75 Å². The highest BCUT2D eigenvalue weighted by Crippen LogP contribution is 2.26. The molecule has 1 heterocycles. The Morgan fingerprint density at radius 2 is 2.09 bits per heavy atom. The van der Waals surface area contributed by atoms with Crippen molar-refractivity contribution < 1.29 is 27.5 Å². The molecule has 0 bridgehead atoms. The number of nitrogens with zero attached hydrogens (tertiary/aromatic N) is 1. The molecule has 1 saturated heterocycles. The van der Waals surface area contributed by atoms with Crippen LogP contribution in [0.15, 0.2) is 18.2 Å². The van der Waals surface area contributed by atoms with Gasteiger partial charge in [-0.05, 0) is 37.6 Å². The average Bonchev–Trinajstić information content (AvgIpc) is 2.71. The van der Waals surface area contributed by atoms with Crippen LogP contribution in [-0.4, -0.2) is 42.0 Å². The molecule has 0 aliphatic carbocycles. The lowest BCUT2D eigenvalue weighted by Gasteiger charge is -2.19. The Bertz CT molecular complexity index is 598. The van der Waals surface area contributed by atoms with Gasteiger partial charge in [0, 0.05) is 18.5 Å². The Hall–Kier alpha value is -2.05. The lowest BCUT2D eigenvalue weighted by molar-refractivity contribution is -0.159. The summed E-state index contributed by atoms with van der Waals surface area (Å²) in [5.74, 6) is -0.354. The van der Waals surface area contributed by atoms with Crippen molar-refractivity contribution in [2.45, 2.75) is 32.5 Å². The van der Waals surface area contributed by atoms with Gasteiger partial charge in [-0.15, -0.1) is 0 Å². The SMILES string of the molecule is CC(=O)c1ccc(O[C@@H]2CCN(CC(F)(F)F)C2=O)c(C)c1. The van der Waals surface area contributed by atoms with Crippen LogP contribution in [-0.2, 0) is 4.79 Å². The van der Waals surface area contributed by atoms with Crippen LogP contribution in [0, 0.1) is 6.92 Å². The first-order valence-electron chi connectivity index (χ1n) is 6.81. The summed E-state index contributed by atoms with van der Waals surface area (Å²) in [4.78, 5) is 23.9. The number of aryl methyl sites for hydroxylation is 1. The van der Waals surface area contributed by atoms with Crippen molar-refractivity contribution in [3.8, 4) is 5.75 Å². The van der Waals surface area contributed by atoms with Crippen LogP contribution in [0.1, 0.15) is 29.3 Å². The Morgan fingerprint density at radius 1 is 1.41 bits per heavy atom. The van der Waals surface area contributed by atoms with Crippen molar-refractivity contribution in [3.63, 3.8) is 0 Å². The maximum Gasteiger partial charge on any atom is 0.406 e. The molecule has 1 aliphatic rings. The van der Waals surface area contributed by atoms with E-state index in [1.165, 1.54) is 6.92 Å². The Morgan fingerprint density at radius 3 is 2.64 bits per heavy atom. The topological polar surface area (TPSA) is 46.6 Å². The van der Waals surface area contributed by atoms with Gasteiger partial charge in [0.15, 0.2) is 11.9 Å². The van der Waals surface area contributed by atoms with Crippen LogP contribution in [0.25, 0.3) is 0 Å². The number of hydrogen-bond donors (Lipinski definition) is 0. The van der Waals surface area contributed by atoms with E-state index in [4.69, 9.17) is 4.74 Å². The minimum Gasteiger partial charge on any atom is -0.480 e. The normalized spacial score (nSPS) is 18.7. The highest BCUT2D eigenvalue weighted by Gasteiger charge is 2.40. The largest absolute Gasteiger partial charge is 0.480 e. The molecule has 1 fully saturated rings. The predicted molar refractivity (Wildman–Crippen MR) is 72.9 cm³/mol. The summed E-state index contributed by atoms with van der Waals surface area (Å²) in [6, 6.07) is 4.76. The van der Waals surface area contributed by atoms with E-state index in [-0.39, 0.29) is 18.7 Å². The Balaban J connectivity index is 2.06. The standard InChI is InChI=1S/C15H16F3NO3/c1-9-7-11(10(2)20)3-4-12(9)22-13-5-6-19(14(13)21)8-15(16,17)18/h3-4,7,13H,5-6,8H2,1-2H3/t13-/m1/s1. The molecule has 0 spiro atoms. The Labute approximate surface area is 125 Å².